The number of hydrogen-bond donors (Lipinski definition) is 2. The number of likely N-dealkylation sites (N-methyl/N-ethyl adjacent to an activating group) is 1. The van der Waals surface area contributed by atoms with E-state index in [1.165, 1.54) is 0 Å². The summed E-state index contributed by atoms with van der Waals surface area (Å²) in [6.45, 7) is 4.72. The highest BCUT2D eigenvalue weighted by Crippen LogP contribution is 2.12. The number of carbonyl (C=O) groups excluding carboxylic acids is 1. The third-order valence-corrected chi connectivity index (χ3v) is 3.04. The minimum atomic E-state index is 0.0497. The lowest BCUT2D eigenvalue weighted by atomic mass is 10.1. The first-order valence-corrected chi connectivity index (χ1v) is 5.84. The van der Waals surface area contributed by atoms with Crippen LogP contribution >= 0.6 is 0 Å². The Morgan fingerprint density at radius 2 is 2.56 bits per heavy atom. The second kappa shape index (κ2) is 5.12. The summed E-state index contributed by atoms with van der Waals surface area (Å²) in [5.74, 6) is 0.0497. The summed E-state index contributed by atoms with van der Waals surface area (Å²) in [4.78, 5) is 14.1. The Balaban J connectivity index is 2.06. The van der Waals surface area contributed by atoms with Gasteiger partial charge in [-0.1, -0.05) is 0 Å². The van der Waals surface area contributed by atoms with Crippen molar-refractivity contribution in [2.75, 3.05) is 19.6 Å². The zero-order chi connectivity index (χ0) is 11.4. The number of rotatable bonds is 3. The summed E-state index contributed by atoms with van der Waals surface area (Å²) in [6.07, 6.45) is 3.83. The van der Waals surface area contributed by atoms with Gasteiger partial charge in [-0.2, -0.15) is 5.10 Å². The zero-order valence-electron chi connectivity index (χ0n) is 9.57. The van der Waals surface area contributed by atoms with E-state index in [-0.39, 0.29) is 5.91 Å². The predicted molar refractivity (Wildman–Crippen MR) is 61.2 cm³/mol. The fourth-order valence-electron chi connectivity index (χ4n) is 2.20. The molecular weight excluding hydrogens is 204 g/mol. The molecule has 1 atom stereocenters. The van der Waals surface area contributed by atoms with Gasteiger partial charge in [-0.15, -0.1) is 0 Å². The average Bonchev–Trinajstić information content (AvgIpc) is 2.85. The van der Waals surface area contributed by atoms with Gasteiger partial charge < -0.3 is 10.2 Å². The van der Waals surface area contributed by atoms with E-state index in [4.69, 9.17) is 0 Å². The van der Waals surface area contributed by atoms with Gasteiger partial charge in [0.25, 0.3) is 5.91 Å². The Kier molecular flexibility index (Phi) is 3.56. The minimum absolute atomic E-state index is 0.0497. The van der Waals surface area contributed by atoms with Gasteiger partial charge in [-0.3, -0.25) is 9.89 Å². The molecule has 1 amide bonds. The van der Waals surface area contributed by atoms with Gasteiger partial charge in [-0.25, -0.2) is 0 Å². The van der Waals surface area contributed by atoms with Crippen molar-refractivity contribution in [1.82, 2.24) is 20.4 Å². The molecule has 0 aliphatic carbocycles. The summed E-state index contributed by atoms with van der Waals surface area (Å²) in [6, 6.07) is 2.04. The molecule has 0 spiro atoms. The second-order valence-electron chi connectivity index (χ2n) is 4.06. The third kappa shape index (κ3) is 2.24. The molecule has 1 aliphatic rings. The Bertz CT molecular complexity index is 330. The molecule has 5 nitrogen and oxygen atoms in total. The lowest BCUT2D eigenvalue weighted by Gasteiger charge is -2.33. The highest BCUT2D eigenvalue weighted by Gasteiger charge is 2.25. The summed E-state index contributed by atoms with van der Waals surface area (Å²) in [5.41, 5.74) is 0.576. The van der Waals surface area contributed by atoms with Crippen LogP contribution in [-0.4, -0.2) is 46.7 Å². The molecule has 2 rings (SSSR count). The molecule has 0 aromatic carbocycles. The standard InChI is InChI=1S/C11H18N4O/c1-2-15(9-4-3-6-12-8-9)11(16)10-5-7-13-14-10/h5,7,9,12H,2-4,6,8H2,1H3,(H,13,14). The molecule has 1 aliphatic heterocycles. The maximum absolute atomic E-state index is 12.2. The zero-order valence-corrected chi connectivity index (χ0v) is 9.57. The van der Waals surface area contributed by atoms with Crippen molar-refractivity contribution in [3.05, 3.63) is 18.0 Å². The average molecular weight is 222 g/mol. The van der Waals surface area contributed by atoms with E-state index in [1.807, 2.05) is 11.8 Å². The van der Waals surface area contributed by atoms with Crippen LogP contribution in [0.4, 0.5) is 0 Å². The molecule has 1 saturated heterocycles. The number of hydrogen-bond acceptors (Lipinski definition) is 3. The number of piperidine rings is 1. The number of aromatic amines is 1. The Hall–Kier alpha value is -1.36. The molecule has 1 aromatic heterocycles. The number of nitrogens with one attached hydrogen (secondary N) is 2. The molecule has 0 radical (unpaired) electrons. The molecule has 1 aromatic rings. The second-order valence-corrected chi connectivity index (χ2v) is 4.06. The summed E-state index contributed by atoms with van der Waals surface area (Å²) < 4.78 is 0. The SMILES string of the molecule is CCN(C(=O)c1ccn[nH]1)C1CCCNC1. The van der Waals surface area contributed by atoms with Crippen molar-refractivity contribution in [3.63, 3.8) is 0 Å². The maximum Gasteiger partial charge on any atom is 0.272 e. The van der Waals surface area contributed by atoms with Crippen LogP contribution in [0.3, 0.4) is 0 Å². The van der Waals surface area contributed by atoms with Crippen LogP contribution in [0, 0.1) is 0 Å². The summed E-state index contributed by atoms with van der Waals surface area (Å²) in [7, 11) is 0. The molecule has 0 bridgehead atoms. The van der Waals surface area contributed by atoms with E-state index in [2.05, 4.69) is 15.5 Å². The van der Waals surface area contributed by atoms with Crippen molar-refractivity contribution in [2.45, 2.75) is 25.8 Å². The Morgan fingerprint density at radius 1 is 1.69 bits per heavy atom. The topological polar surface area (TPSA) is 61.0 Å². The van der Waals surface area contributed by atoms with Crippen LogP contribution in [0.1, 0.15) is 30.3 Å². The van der Waals surface area contributed by atoms with Crippen molar-refractivity contribution in [3.8, 4) is 0 Å². The first-order valence-electron chi connectivity index (χ1n) is 5.84. The van der Waals surface area contributed by atoms with Crippen LogP contribution in [-0.2, 0) is 0 Å². The molecule has 16 heavy (non-hydrogen) atoms. The minimum Gasteiger partial charge on any atom is -0.333 e. The quantitative estimate of drug-likeness (QED) is 0.788. The van der Waals surface area contributed by atoms with E-state index in [1.54, 1.807) is 12.3 Å². The van der Waals surface area contributed by atoms with E-state index in [0.29, 0.717) is 11.7 Å². The number of aromatic nitrogens is 2. The third-order valence-electron chi connectivity index (χ3n) is 3.04. The fraction of sp³-hybridized carbons (Fsp3) is 0.636. The predicted octanol–water partition coefficient (Wildman–Crippen LogP) is 0.624. The molecular formula is C11H18N4O. The van der Waals surface area contributed by atoms with Crippen molar-refractivity contribution < 1.29 is 4.79 Å². The van der Waals surface area contributed by atoms with Crippen molar-refractivity contribution in [2.24, 2.45) is 0 Å². The lowest BCUT2D eigenvalue weighted by Crippen LogP contribution is -2.48. The van der Waals surface area contributed by atoms with Crippen LogP contribution in [0.5, 0.6) is 0 Å². The van der Waals surface area contributed by atoms with E-state index in [9.17, 15) is 4.79 Å². The fourth-order valence-corrected chi connectivity index (χ4v) is 2.20. The lowest BCUT2D eigenvalue weighted by molar-refractivity contribution is 0.0656. The Morgan fingerprint density at radius 3 is 3.12 bits per heavy atom. The molecule has 5 heteroatoms. The number of H-pyrrole nitrogens is 1. The largest absolute Gasteiger partial charge is 0.333 e. The van der Waals surface area contributed by atoms with Crippen LogP contribution < -0.4 is 5.32 Å². The molecule has 1 fully saturated rings. The van der Waals surface area contributed by atoms with Crippen molar-refractivity contribution >= 4 is 5.91 Å². The monoisotopic (exact) mass is 222 g/mol. The van der Waals surface area contributed by atoms with Gasteiger partial charge in [0, 0.05) is 25.3 Å². The highest BCUT2D eigenvalue weighted by atomic mass is 16.2. The normalized spacial score (nSPS) is 20.7. The summed E-state index contributed by atoms with van der Waals surface area (Å²) in [5, 5.41) is 9.88. The van der Waals surface area contributed by atoms with Crippen LogP contribution in [0.15, 0.2) is 12.3 Å². The number of nitrogens with zero attached hydrogens (tertiary/aromatic N) is 2. The molecule has 2 heterocycles. The molecule has 1 unspecified atom stereocenters. The first-order chi connectivity index (χ1) is 7.83. The van der Waals surface area contributed by atoms with Gasteiger partial charge in [-0.05, 0) is 32.4 Å². The van der Waals surface area contributed by atoms with E-state index < -0.39 is 0 Å². The highest BCUT2D eigenvalue weighted by molar-refractivity contribution is 5.92. The molecule has 0 saturated carbocycles. The van der Waals surface area contributed by atoms with Gasteiger partial charge in [0.1, 0.15) is 5.69 Å². The Labute approximate surface area is 95.2 Å². The van der Waals surface area contributed by atoms with E-state index >= 15 is 0 Å². The van der Waals surface area contributed by atoms with Crippen molar-refractivity contribution in [1.29, 1.82) is 0 Å². The number of amides is 1. The van der Waals surface area contributed by atoms with Crippen LogP contribution in [0.2, 0.25) is 0 Å². The summed E-state index contributed by atoms with van der Waals surface area (Å²) >= 11 is 0. The maximum atomic E-state index is 12.2. The van der Waals surface area contributed by atoms with Crippen LogP contribution in [0.25, 0.3) is 0 Å². The van der Waals surface area contributed by atoms with E-state index in [0.717, 1.165) is 32.5 Å². The molecule has 88 valence electrons. The molecule has 2 N–H and O–H groups in total. The first kappa shape index (κ1) is 11.1. The van der Waals surface area contributed by atoms with Gasteiger partial charge >= 0.3 is 0 Å². The van der Waals surface area contributed by atoms with Gasteiger partial charge in [0.15, 0.2) is 0 Å². The van der Waals surface area contributed by atoms with Gasteiger partial charge in [0.05, 0.1) is 0 Å². The smallest absolute Gasteiger partial charge is 0.272 e. The number of carbonyl (C=O) groups is 1. The van der Waals surface area contributed by atoms with Gasteiger partial charge in [0.2, 0.25) is 0 Å².